The van der Waals surface area contributed by atoms with Gasteiger partial charge in [0.1, 0.15) is 0 Å². The number of ether oxygens (including phenoxy) is 1. The van der Waals surface area contributed by atoms with Crippen molar-refractivity contribution in [2.45, 2.75) is 20.0 Å². The number of hydrogen-bond acceptors (Lipinski definition) is 4. The molecule has 0 saturated heterocycles. The maximum Gasteiger partial charge on any atom is 0.213 e. The highest BCUT2D eigenvalue weighted by Gasteiger charge is 2.09. The molecule has 3 rings (SSSR count). The fraction of sp³-hybridized carbons (Fsp3) is 0.222. The first-order valence-electron chi connectivity index (χ1n) is 7.18. The predicted molar refractivity (Wildman–Crippen MR) is 86.9 cm³/mol. The molecule has 112 valence electrons. The Morgan fingerprint density at radius 1 is 1.14 bits per heavy atom. The molecule has 1 atom stereocenters. The number of nitrogens with zero attached hydrogens (tertiary/aromatic N) is 2. The lowest BCUT2D eigenvalue weighted by Gasteiger charge is -2.10. The third-order valence-electron chi connectivity index (χ3n) is 3.76. The molecule has 0 aliphatic rings. The second-order valence-electron chi connectivity index (χ2n) is 5.36. The highest BCUT2D eigenvalue weighted by molar-refractivity contribution is 5.85. The molecule has 0 bridgehead atoms. The van der Waals surface area contributed by atoms with Crippen molar-refractivity contribution in [3.8, 4) is 17.1 Å². The summed E-state index contributed by atoms with van der Waals surface area (Å²) < 4.78 is 5.17. The van der Waals surface area contributed by atoms with Gasteiger partial charge in [0.15, 0.2) is 0 Å². The number of aromatic nitrogens is 2. The van der Waals surface area contributed by atoms with E-state index in [1.54, 1.807) is 20.2 Å². The smallest absolute Gasteiger partial charge is 0.213 e. The second kappa shape index (κ2) is 5.73. The zero-order chi connectivity index (χ0) is 15.7. The van der Waals surface area contributed by atoms with Gasteiger partial charge in [0.05, 0.1) is 24.4 Å². The summed E-state index contributed by atoms with van der Waals surface area (Å²) in [5.74, 6) is 0.565. The van der Waals surface area contributed by atoms with Crippen LogP contribution in [0.3, 0.4) is 0 Å². The van der Waals surface area contributed by atoms with Crippen LogP contribution in [0.1, 0.15) is 24.2 Å². The number of fused-ring (bicyclic) bond motifs is 1. The van der Waals surface area contributed by atoms with Crippen LogP contribution in [-0.2, 0) is 0 Å². The molecule has 0 spiro atoms. The van der Waals surface area contributed by atoms with E-state index in [9.17, 15) is 5.11 Å². The quantitative estimate of drug-likeness (QED) is 0.801. The zero-order valence-corrected chi connectivity index (χ0v) is 12.9. The number of aliphatic hydroxyl groups is 1. The molecule has 4 nitrogen and oxygen atoms in total. The van der Waals surface area contributed by atoms with E-state index in [4.69, 9.17) is 9.72 Å². The zero-order valence-electron chi connectivity index (χ0n) is 12.9. The van der Waals surface area contributed by atoms with Gasteiger partial charge in [-0.25, -0.2) is 9.97 Å². The van der Waals surface area contributed by atoms with Gasteiger partial charge in [-0.1, -0.05) is 12.1 Å². The maximum atomic E-state index is 9.75. The van der Waals surface area contributed by atoms with Crippen LogP contribution in [0.25, 0.3) is 22.2 Å². The Labute approximate surface area is 129 Å². The summed E-state index contributed by atoms with van der Waals surface area (Å²) in [6.07, 6.45) is 1.21. The Bertz CT molecular complexity index is 828. The largest absolute Gasteiger partial charge is 0.481 e. The van der Waals surface area contributed by atoms with Crippen LogP contribution in [0.2, 0.25) is 0 Å². The number of aliphatic hydroxyl groups excluding tert-OH is 1. The van der Waals surface area contributed by atoms with E-state index in [2.05, 4.69) is 18.0 Å². The van der Waals surface area contributed by atoms with E-state index < -0.39 is 6.10 Å². The van der Waals surface area contributed by atoms with Crippen LogP contribution >= 0.6 is 0 Å². The summed E-state index contributed by atoms with van der Waals surface area (Å²) in [6.45, 7) is 3.82. The van der Waals surface area contributed by atoms with Gasteiger partial charge in [0.2, 0.25) is 5.88 Å². The number of aryl methyl sites for hydroxylation is 1. The Balaban J connectivity index is 2.17. The summed E-state index contributed by atoms with van der Waals surface area (Å²) in [5, 5.41) is 10.8. The van der Waals surface area contributed by atoms with Gasteiger partial charge >= 0.3 is 0 Å². The van der Waals surface area contributed by atoms with E-state index in [0.717, 1.165) is 33.3 Å². The lowest BCUT2D eigenvalue weighted by atomic mass is 10.0. The molecule has 1 aromatic carbocycles. The molecule has 0 saturated carbocycles. The number of benzene rings is 1. The lowest BCUT2D eigenvalue weighted by Crippen LogP contribution is -1.94. The van der Waals surface area contributed by atoms with Crippen molar-refractivity contribution in [2.24, 2.45) is 0 Å². The van der Waals surface area contributed by atoms with E-state index in [0.29, 0.717) is 5.88 Å². The van der Waals surface area contributed by atoms with Crippen molar-refractivity contribution in [3.63, 3.8) is 0 Å². The number of pyridine rings is 2. The normalized spacial score (nSPS) is 12.4. The molecule has 2 heterocycles. The molecule has 0 aliphatic heterocycles. The standard InChI is InChI=1S/C18H18N2O2/c1-11-8-16(14-6-7-19-18(10-14)22-3)20-17-9-13(12(2)21)4-5-15(11)17/h4-10,12,21H,1-3H3. The SMILES string of the molecule is COc1cc(-c2cc(C)c3ccc(C(C)O)cc3n2)ccn1. The van der Waals surface area contributed by atoms with Crippen LogP contribution in [-0.4, -0.2) is 22.2 Å². The summed E-state index contributed by atoms with van der Waals surface area (Å²) in [5.41, 5.74) is 4.72. The highest BCUT2D eigenvalue weighted by atomic mass is 16.5. The van der Waals surface area contributed by atoms with Gasteiger partial charge in [-0.05, 0) is 43.2 Å². The number of hydrogen-bond donors (Lipinski definition) is 1. The third kappa shape index (κ3) is 2.65. The number of methoxy groups -OCH3 is 1. The molecule has 1 N–H and O–H groups in total. The minimum atomic E-state index is -0.504. The maximum absolute atomic E-state index is 9.75. The van der Waals surface area contributed by atoms with Gasteiger partial charge in [-0.3, -0.25) is 0 Å². The summed E-state index contributed by atoms with van der Waals surface area (Å²) in [7, 11) is 1.60. The van der Waals surface area contributed by atoms with Gasteiger partial charge in [-0.15, -0.1) is 0 Å². The fourth-order valence-corrected chi connectivity index (χ4v) is 2.51. The van der Waals surface area contributed by atoms with Crippen molar-refractivity contribution in [3.05, 3.63) is 53.7 Å². The molecule has 22 heavy (non-hydrogen) atoms. The molecule has 0 radical (unpaired) electrons. The lowest BCUT2D eigenvalue weighted by molar-refractivity contribution is 0.199. The summed E-state index contributed by atoms with van der Waals surface area (Å²) in [4.78, 5) is 8.85. The van der Waals surface area contributed by atoms with Crippen molar-refractivity contribution in [1.29, 1.82) is 0 Å². The van der Waals surface area contributed by atoms with Crippen molar-refractivity contribution in [1.82, 2.24) is 9.97 Å². The van der Waals surface area contributed by atoms with Crippen molar-refractivity contribution >= 4 is 10.9 Å². The minimum absolute atomic E-state index is 0.504. The third-order valence-corrected chi connectivity index (χ3v) is 3.76. The van der Waals surface area contributed by atoms with E-state index in [1.807, 2.05) is 30.3 Å². The summed E-state index contributed by atoms with van der Waals surface area (Å²) in [6, 6.07) is 11.7. The molecule has 0 amide bonds. The van der Waals surface area contributed by atoms with Crippen LogP contribution in [0.4, 0.5) is 0 Å². The van der Waals surface area contributed by atoms with Crippen LogP contribution in [0.15, 0.2) is 42.6 Å². The van der Waals surface area contributed by atoms with Crippen molar-refractivity contribution < 1.29 is 9.84 Å². The number of rotatable bonds is 3. The average Bonchev–Trinajstić information content (AvgIpc) is 2.54. The molecule has 4 heteroatoms. The fourth-order valence-electron chi connectivity index (χ4n) is 2.51. The van der Waals surface area contributed by atoms with Gasteiger partial charge in [0, 0.05) is 23.2 Å². The van der Waals surface area contributed by atoms with E-state index in [-0.39, 0.29) is 0 Å². The van der Waals surface area contributed by atoms with E-state index in [1.165, 1.54) is 0 Å². The Morgan fingerprint density at radius 3 is 2.68 bits per heavy atom. The first-order chi connectivity index (χ1) is 10.6. The summed E-state index contributed by atoms with van der Waals surface area (Å²) >= 11 is 0. The topological polar surface area (TPSA) is 55.2 Å². The first-order valence-corrected chi connectivity index (χ1v) is 7.18. The Hall–Kier alpha value is -2.46. The highest BCUT2D eigenvalue weighted by Crippen LogP contribution is 2.27. The monoisotopic (exact) mass is 294 g/mol. The van der Waals surface area contributed by atoms with E-state index >= 15 is 0 Å². The first kappa shape index (κ1) is 14.5. The molecular formula is C18H18N2O2. The van der Waals surface area contributed by atoms with Gasteiger partial charge < -0.3 is 9.84 Å². The van der Waals surface area contributed by atoms with Crippen LogP contribution < -0.4 is 4.74 Å². The van der Waals surface area contributed by atoms with Gasteiger partial charge in [0.25, 0.3) is 0 Å². The van der Waals surface area contributed by atoms with Crippen molar-refractivity contribution in [2.75, 3.05) is 7.11 Å². The molecule has 0 fully saturated rings. The van der Waals surface area contributed by atoms with Crippen LogP contribution in [0, 0.1) is 6.92 Å². The molecule has 0 aliphatic carbocycles. The molecular weight excluding hydrogens is 276 g/mol. The van der Waals surface area contributed by atoms with Gasteiger partial charge in [-0.2, -0.15) is 0 Å². The predicted octanol–water partition coefficient (Wildman–Crippen LogP) is 3.67. The Kier molecular flexibility index (Phi) is 3.77. The Morgan fingerprint density at radius 2 is 1.95 bits per heavy atom. The molecule has 2 aromatic heterocycles. The molecule has 1 unspecified atom stereocenters. The molecule has 3 aromatic rings. The minimum Gasteiger partial charge on any atom is -0.481 e. The van der Waals surface area contributed by atoms with Crippen LogP contribution in [0.5, 0.6) is 5.88 Å². The average molecular weight is 294 g/mol. The second-order valence-corrected chi connectivity index (χ2v) is 5.36.